The number of ketones is 1. The maximum atomic E-state index is 11.2. The van der Waals surface area contributed by atoms with Gasteiger partial charge in [0.1, 0.15) is 5.69 Å². The molecule has 0 unspecified atom stereocenters. The zero-order valence-electron chi connectivity index (χ0n) is 10.4. The van der Waals surface area contributed by atoms with Crippen LogP contribution in [0.15, 0.2) is 11.4 Å². The van der Waals surface area contributed by atoms with Crippen molar-refractivity contribution in [2.24, 2.45) is 7.05 Å². The molecule has 0 aliphatic heterocycles. The normalized spacial score (nSPS) is 11.1. The molecule has 1 aromatic heterocycles. The van der Waals surface area contributed by atoms with Crippen molar-refractivity contribution >= 4 is 17.5 Å². The Bertz CT molecular complexity index is 360. The maximum absolute atomic E-state index is 11.2. The van der Waals surface area contributed by atoms with Gasteiger partial charge in [0, 0.05) is 19.7 Å². The minimum atomic E-state index is 0.0649. The monoisotopic (exact) mass is 241 g/mol. The van der Waals surface area contributed by atoms with E-state index in [2.05, 4.69) is 24.0 Å². The van der Waals surface area contributed by atoms with Crippen molar-refractivity contribution in [2.45, 2.75) is 18.5 Å². The second-order valence-corrected chi connectivity index (χ2v) is 5.11. The lowest BCUT2D eigenvalue weighted by Crippen LogP contribution is -2.13. The first-order valence-corrected chi connectivity index (χ1v) is 6.31. The van der Waals surface area contributed by atoms with Gasteiger partial charge in [-0.05, 0) is 27.1 Å². The molecule has 16 heavy (non-hydrogen) atoms. The largest absolute Gasteiger partial charge is 0.320 e. The predicted molar refractivity (Wildman–Crippen MR) is 67.1 cm³/mol. The van der Waals surface area contributed by atoms with Crippen LogP contribution in [-0.4, -0.2) is 46.6 Å². The topological polar surface area (TPSA) is 38.1 Å². The summed E-state index contributed by atoms with van der Waals surface area (Å²) in [6.07, 6.45) is 2.77. The van der Waals surface area contributed by atoms with E-state index in [0.29, 0.717) is 5.69 Å². The Kier molecular flexibility index (Phi) is 5.02. The molecule has 0 spiro atoms. The first-order valence-electron chi connectivity index (χ1n) is 5.32. The fourth-order valence-corrected chi connectivity index (χ4v) is 2.27. The highest BCUT2D eigenvalue weighted by Gasteiger charge is 2.09. The SMILES string of the molecule is CC(=O)c1cnc(SCCCN(C)C)n1C. The lowest BCUT2D eigenvalue weighted by atomic mass is 10.3. The summed E-state index contributed by atoms with van der Waals surface area (Å²) >= 11 is 1.70. The van der Waals surface area contributed by atoms with Crippen LogP contribution in [0.2, 0.25) is 0 Å². The molecule has 0 fully saturated rings. The van der Waals surface area contributed by atoms with E-state index >= 15 is 0 Å². The molecule has 0 radical (unpaired) electrons. The fourth-order valence-electron chi connectivity index (χ4n) is 1.40. The zero-order chi connectivity index (χ0) is 12.1. The van der Waals surface area contributed by atoms with Gasteiger partial charge in [-0.2, -0.15) is 0 Å². The average Bonchev–Trinajstić information content (AvgIpc) is 2.54. The first-order chi connectivity index (χ1) is 7.52. The van der Waals surface area contributed by atoms with Crippen molar-refractivity contribution in [1.29, 1.82) is 0 Å². The molecule has 0 amide bonds. The van der Waals surface area contributed by atoms with Crippen LogP contribution in [-0.2, 0) is 7.05 Å². The summed E-state index contributed by atoms with van der Waals surface area (Å²) < 4.78 is 1.86. The molecule has 90 valence electrons. The Morgan fingerprint density at radius 1 is 1.56 bits per heavy atom. The van der Waals surface area contributed by atoms with E-state index in [0.717, 1.165) is 23.9 Å². The second-order valence-electron chi connectivity index (χ2n) is 4.05. The number of carbonyl (C=O) groups is 1. The molecule has 0 saturated heterocycles. The molecule has 0 N–H and O–H groups in total. The highest BCUT2D eigenvalue weighted by molar-refractivity contribution is 7.99. The average molecular weight is 241 g/mol. The summed E-state index contributed by atoms with van der Waals surface area (Å²) in [5.74, 6) is 1.09. The Balaban J connectivity index is 2.46. The summed E-state index contributed by atoms with van der Waals surface area (Å²) in [4.78, 5) is 17.6. The Morgan fingerprint density at radius 2 is 2.25 bits per heavy atom. The van der Waals surface area contributed by atoms with Crippen LogP contribution in [0.5, 0.6) is 0 Å². The molecule has 0 aliphatic rings. The number of Topliss-reactive ketones (excluding diaryl/α,β-unsaturated/α-hetero) is 1. The maximum Gasteiger partial charge on any atom is 0.177 e. The van der Waals surface area contributed by atoms with E-state index in [4.69, 9.17) is 0 Å². The van der Waals surface area contributed by atoms with Gasteiger partial charge in [0.25, 0.3) is 0 Å². The third-order valence-corrected chi connectivity index (χ3v) is 3.42. The number of rotatable bonds is 6. The van der Waals surface area contributed by atoms with E-state index in [1.54, 1.807) is 24.9 Å². The van der Waals surface area contributed by atoms with E-state index in [-0.39, 0.29) is 5.78 Å². The number of hydrogen-bond donors (Lipinski definition) is 0. The van der Waals surface area contributed by atoms with Crippen molar-refractivity contribution in [3.05, 3.63) is 11.9 Å². The number of imidazole rings is 1. The summed E-state index contributed by atoms with van der Waals surface area (Å²) in [6, 6.07) is 0. The summed E-state index contributed by atoms with van der Waals surface area (Å²) in [7, 11) is 6.02. The number of aromatic nitrogens is 2. The van der Waals surface area contributed by atoms with Crippen LogP contribution in [0.4, 0.5) is 0 Å². The number of carbonyl (C=O) groups excluding carboxylic acids is 1. The zero-order valence-corrected chi connectivity index (χ0v) is 11.2. The van der Waals surface area contributed by atoms with Gasteiger partial charge in [0.05, 0.1) is 6.20 Å². The van der Waals surface area contributed by atoms with Crippen LogP contribution in [0.25, 0.3) is 0 Å². The smallest absolute Gasteiger partial charge is 0.177 e. The summed E-state index contributed by atoms with van der Waals surface area (Å²) in [5.41, 5.74) is 0.676. The molecular weight excluding hydrogens is 222 g/mol. The predicted octanol–water partition coefficient (Wildman–Crippen LogP) is 1.67. The van der Waals surface area contributed by atoms with Gasteiger partial charge >= 0.3 is 0 Å². The van der Waals surface area contributed by atoms with Crippen molar-refractivity contribution in [1.82, 2.24) is 14.5 Å². The van der Waals surface area contributed by atoms with E-state index < -0.39 is 0 Å². The first kappa shape index (κ1) is 13.3. The van der Waals surface area contributed by atoms with Gasteiger partial charge in [0.2, 0.25) is 0 Å². The molecule has 0 aliphatic carbocycles. The van der Waals surface area contributed by atoms with Crippen molar-refractivity contribution in [3.63, 3.8) is 0 Å². The quantitative estimate of drug-likeness (QED) is 0.431. The molecule has 0 saturated carbocycles. The Labute approximate surface area is 101 Å². The molecular formula is C11H19N3OS. The lowest BCUT2D eigenvalue weighted by Gasteiger charge is -2.08. The third kappa shape index (κ3) is 3.64. The van der Waals surface area contributed by atoms with Gasteiger partial charge in [-0.25, -0.2) is 4.98 Å². The summed E-state index contributed by atoms with van der Waals surface area (Å²) in [6.45, 7) is 2.65. The van der Waals surface area contributed by atoms with Gasteiger partial charge < -0.3 is 9.47 Å². The van der Waals surface area contributed by atoms with Gasteiger partial charge in [0.15, 0.2) is 10.9 Å². The molecule has 0 bridgehead atoms. The number of thioether (sulfide) groups is 1. The van der Waals surface area contributed by atoms with Crippen molar-refractivity contribution in [3.8, 4) is 0 Å². The van der Waals surface area contributed by atoms with E-state index in [9.17, 15) is 4.79 Å². The molecule has 0 atom stereocenters. The second kappa shape index (κ2) is 6.06. The van der Waals surface area contributed by atoms with Crippen molar-refractivity contribution in [2.75, 3.05) is 26.4 Å². The minimum absolute atomic E-state index is 0.0649. The number of hydrogen-bond acceptors (Lipinski definition) is 4. The van der Waals surface area contributed by atoms with Crippen LogP contribution in [0.1, 0.15) is 23.8 Å². The minimum Gasteiger partial charge on any atom is -0.320 e. The molecule has 1 rings (SSSR count). The highest BCUT2D eigenvalue weighted by Crippen LogP contribution is 2.18. The van der Waals surface area contributed by atoms with Crippen LogP contribution < -0.4 is 0 Å². The Hall–Kier alpha value is -0.810. The molecule has 4 nitrogen and oxygen atoms in total. The highest BCUT2D eigenvalue weighted by atomic mass is 32.2. The standard InChI is InChI=1S/C11H19N3OS/c1-9(15)10-8-12-11(14(10)4)16-7-5-6-13(2)3/h8H,5-7H2,1-4H3. The van der Waals surface area contributed by atoms with Gasteiger partial charge in [-0.15, -0.1) is 0 Å². The van der Waals surface area contributed by atoms with E-state index in [1.807, 2.05) is 11.6 Å². The van der Waals surface area contributed by atoms with Crippen LogP contribution >= 0.6 is 11.8 Å². The molecule has 0 aromatic carbocycles. The van der Waals surface area contributed by atoms with Crippen molar-refractivity contribution < 1.29 is 4.79 Å². The fraction of sp³-hybridized carbons (Fsp3) is 0.636. The number of nitrogens with zero attached hydrogens (tertiary/aromatic N) is 3. The lowest BCUT2D eigenvalue weighted by molar-refractivity contribution is 0.100. The Morgan fingerprint density at radius 3 is 2.75 bits per heavy atom. The molecule has 1 heterocycles. The van der Waals surface area contributed by atoms with Crippen LogP contribution in [0.3, 0.4) is 0 Å². The van der Waals surface area contributed by atoms with Gasteiger partial charge in [-0.1, -0.05) is 11.8 Å². The summed E-state index contributed by atoms with van der Waals surface area (Å²) in [5, 5.41) is 0.920. The van der Waals surface area contributed by atoms with Crippen LogP contribution in [0, 0.1) is 0 Å². The molecule has 5 heteroatoms. The van der Waals surface area contributed by atoms with E-state index in [1.165, 1.54) is 0 Å². The molecule has 1 aromatic rings. The van der Waals surface area contributed by atoms with Gasteiger partial charge in [-0.3, -0.25) is 4.79 Å². The third-order valence-electron chi connectivity index (χ3n) is 2.29.